The first-order valence-electron chi connectivity index (χ1n) is 13.1. The van der Waals surface area contributed by atoms with Gasteiger partial charge in [-0.15, -0.1) is 0 Å². The summed E-state index contributed by atoms with van der Waals surface area (Å²) >= 11 is 0. The molecule has 0 aromatic heterocycles. The first-order valence-corrected chi connectivity index (χ1v) is 13.1. The summed E-state index contributed by atoms with van der Waals surface area (Å²) in [7, 11) is 0. The number of nitrogens with zero attached hydrogens (tertiary/aromatic N) is 3. The van der Waals surface area contributed by atoms with Gasteiger partial charge >= 0.3 is 0 Å². The Labute approximate surface area is 208 Å². The van der Waals surface area contributed by atoms with Gasteiger partial charge in [-0.3, -0.25) is 9.59 Å². The Kier molecular flexibility index (Phi) is 6.83. The van der Waals surface area contributed by atoms with Gasteiger partial charge in [-0.25, -0.2) is 0 Å². The number of para-hydroxylation sites is 1. The van der Waals surface area contributed by atoms with Gasteiger partial charge in [-0.05, 0) is 43.4 Å². The SMILES string of the molecule is O=C1CN(c2ccccc2)CCN1CC1(O)CCN(C(=O)CCc2ccccc2)CC12CCCC2. The quantitative estimate of drug-likeness (QED) is 0.695. The number of carbonyl (C=O) groups is 2. The second kappa shape index (κ2) is 10.0. The molecule has 2 heterocycles. The third-order valence-corrected chi connectivity index (χ3v) is 8.55. The largest absolute Gasteiger partial charge is 0.387 e. The van der Waals surface area contributed by atoms with Crippen molar-refractivity contribution in [1.29, 1.82) is 0 Å². The highest BCUT2D eigenvalue weighted by Gasteiger charge is 2.56. The number of β-amino-alcohol motifs (C(OH)–C–C–N with tert-alkyl or cyclic N) is 1. The molecule has 2 aliphatic heterocycles. The molecule has 1 N–H and O–H groups in total. The van der Waals surface area contributed by atoms with Gasteiger partial charge in [-0.1, -0.05) is 61.4 Å². The number of carbonyl (C=O) groups excluding carboxylic acids is 2. The predicted octanol–water partition coefficient (Wildman–Crippen LogP) is 3.49. The molecular formula is C29H37N3O3. The first kappa shape index (κ1) is 23.9. The minimum atomic E-state index is -0.940. The summed E-state index contributed by atoms with van der Waals surface area (Å²) in [6, 6.07) is 20.2. The summed E-state index contributed by atoms with van der Waals surface area (Å²) in [6.07, 6.45) is 5.77. The molecule has 1 unspecified atom stereocenters. The second-order valence-electron chi connectivity index (χ2n) is 10.6. The van der Waals surface area contributed by atoms with Crippen molar-refractivity contribution in [2.24, 2.45) is 5.41 Å². The molecule has 186 valence electrons. The number of hydrogen-bond donors (Lipinski definition) is 1. The molecule has 2 amide bonds. The van der Waals surface area contributed by atoms with Crippen LogP contribution in [0.25, 0.3) is 0 Å². The van der Waals surface area contributed by atoms with Crippen LogP contribution in [-0.4, -0.2) is 71.6 Å². The Hall–Kier alpha value is -2.86. The fraction of sp³-hybridized carbons (Fsp3) is 0.517. The third kappa shape index (κ3) is 4.94. The molecule has 6 nitrogen and oxygen atoms in total. The van der Waals surface area contributed by atoms with Gasteiger partial charge in [0.05, 0.1) is 18.7 Å². The van der Waals surface area contributed by atoms with Crippen molar-refractivity contribution in [2.75, 3.05) is 44.2 Å². The van der Waals surface area contributed by atoms with Gasteiger partial charge < -0.3 is 19.8 Å². The van der Waals surface area contributed by atoms with Crippen LogP contribution in [0, 0.1) is 5.41 Å². The molecule has 0 radical (unpaired) electrons. The van der Waals surface area contributed by atoms with E-state index in [-0.39, 0.29) is 17.2 Å². The van der Waals surface area contributed by atoms with Crippen molar-refractivity contribution in [3.63, 3.8) is 0 Å². The number of amides is 2. The normalized spacial score (nSPS) is 24.3. The third-order valence-electron chi connectivity index (χ3n) is 8.55. The molecule has 5 rings (SSSR count). The molecule has 2 aromatic rings. The molecule has 2 saturated heterocycles. The molecule has 3 fully saturated rings. The number of piperazine rings is 1. The lowest BCUT2D eigenvalue weighted by atomic mass is 9.65. The van der Waals surface area contributed by atoms with Crippen LogP contribution in [-0.2, 0) is 16.0 Å². The highest BCUT2D eigenvalue weighted by Crippen LogP contribution is 2.51. The van der Waals surface area contributed by atoms with Crippen molar-refractivity contribution in [3.8, 4) is 0 Å². The van der Waals surface area contributed by atoms with Crippen LogP contribution in [0.1, 0.15) is 44.1 Å². The van der Waals surface area contributed by atoms with Crippen LogP contribution in [0.15, 0.2) is 60.7 Å². The highest BCUT2D eigenvalue weighted by molar-refractivity contribution is 5.83. The van der Waals surface area contributed by atoms with Crippen molar-refractivity contribution in [2.45, 2.75) is 50.5 Å². The van der Waals surface area contributed by atoms with Gasteiger partial charge in [0, 0.05) is 43.7 Å². The fourth-order valence-corrected chi connectivity index (χ4v) is 6.42. The second-order valence-corrected chi connectivity index (χ2v) is 10.6. The smallest absolute Gasteiger partial charge is 0.242 e. The molecule has 1 aliphatic carbocycles. The molecule has 6 heteroatoms. The van der Waals surface area contributed by atoms with Gasteiger partial charge in [-0.2, -0.15) is 0 Å². The first-order chi connectivity index (χ1) is 17.0. The molecule has 1 atom stereocenters. The van der Waals surface area contributed by atoms with Crippen LogP contribution in [0.4, 0.5) is 5.69 Å². The maximum atomic E-state index is 13.1. The molecule has 0 bridgehead atoms. The summed E-state index contributed by atoms with van der Waals surface area (Å²) in [6.45, 7) is 3.27. The van der Waals surface area contributed by atoms with E-state index in [1.54, 1.807) is 0 Å². The minimum absolute atomic E-state index is 0.0723. The predicted molar refractivity (Wildman–Crippen MR) is 137 cm³/mol. The lowest BCUT2D eigenvalue weighted by molar-refractivity contribution is -0.167. The Morgan fingerprint density at radius 2 is 1.57 bits per heavy atom. The van der Waals surface area contributed by atoms with Crippen LogP contribution in [0.3, 0.4) is 0 Å². The van der Waals surface area contributed by atoms with E-state index in [1.807, 2.05) is 58.3 Å². The standard InChI is InChI=1S/C29H37N3O3/c33-26(14-13-24-9-3-1-4-10-24)31-18-17-29(35,28(22-31)15-7-8-16-28)23-32-20-19-30(21-27(32)34)25-11-5-2-6-12-25/h1-6,9-12,35H,7-8,13-23H2. The van der Waals surface area contributed by atoms with Gasteiger partial charge in [0.25, 0.3) is 0 Å². The highest BCUT2D eigenvalue weighted by atomic mass is 16.3. The maximum Gasteiger partial charge on any atom is 0.242 e. The van der Waals surface area contributed by atoms with E-state index in [9.17, 15) is 14.7 Å². The van der Waals surface area contributed by atoms with Gasteiger partial charge in [0.15, 0.2) is 0 Å². The summed E-state index contributed by atoms with van der Waals surface area (Å²) in [5, 5.41) is 12.0. The fourth-order valence-electron chi connectivity index (χ4n) is 6.42. The monoisotopic (exact) mass is 475 g/mol. The zero-order chi connectivity index (χ0) is 24.3. The number of aryl methyl sites for hydroxylation is 1. The zero-order valence-corrected chi connectivity index (χ0v) is 20.6. The summed E-state index contributed by atoms with van der Waals surface area (Å²) in [5.41, 5.74) is 0.987. The average Bonchev–Trinajstić information content (AvgIpc) is 3.37. The van der Waals surface area contributed by atoms with E-state index in [0.717, 1.165) is 44.3 Å². The van der Waals surface area contributed by atoms with Gasteiger partial charge in [0.2, 0.25) is 11.8 Å². The lowest BCUT2D eigenvalue weighted by Gasteiger charge is -2.54. The zero-order valence-electron chi connectivity index (χ0n) is 20.6. The minimum Gasteiger partial charge on any atom is -0.387 e. The van der Waals surface area contributed by atoms with Gasteiger partial charge in [0.1, 0.15) is 0 Å². The summed E-state index contributed by atoms with van der Waals surface area (Å²) in [4.78, 5) is 32.2. The van der Waals surface area contributed by atoms with Crippen molar-refractivity contribution >= 4 is 17.5 Å². The Morgan fingerprint density at radius 3 is 2.26 bits per heavy atom. The number of hydrogen-bond acceptors (Lipinski definition) is 4. The Bertz CT molecular complexity index is 1020. The molecule has 3 aliphatic rings. The lowest BCUT2D eigenvalue weighted by Crippen LogP contribution is -2.65. The van der Waals surface area contributed by atoms with E-state index in [4.69, 9.17) is 0 Å². The van der Waals surface area contributed by atoms with Crippen LogP contribution < -0.4 is 4.90 Å². The number of likely N-dealkylation sites (tertiary alicyclic amines) is 1. The van der Waals surface area contributed by atoms with E-state index >= 15 is 0 Å². The van der Waals surface area contributed by atoms with Crippen LogP contribution in [0.2, 0.25) is 0 Å². The number of rotatable bonds is 6. The van der Waals surface area contributed by atoms with E-state index in [1.165, 1.54) is 5.56 Å². The topological polar surface area (TPSA) is 64.1 Å². The van der Waals surface area contributed by atoms with Crippen molar-refractivity contribution in [1.82, 2.24) is 9.80 Å². The van der Waals surface area contributed by atoms with Crippen LogP contribution >= 0.6 is 0 Å². The molecule has 2 aromatic carbocycles. The molecule has 1 saturated carbocycles. The maximum absolute atomic E-state index is 13.1. The number of benzene rings is 2. The number of piperidine rings is 1. The van der Waals surface area contributed by atoms with Crippen LogP contribution in [0.5, 0.6) is 0 Å². The molecule has 35 heavy (non-hydrogen) atoms. The average molecular weight is 476 g/mol. The molecular weight excluding hydrogens is 438 g/mol. The Balaban J connectivity index is 1.23. The number of anilines is 1. The van der Waals surface area contributed by atoms with E-state index in [0.29, 0.717) is 45.6 Å². The summed E-state index contributed by atoms with van der Waals surface area (Å²) < 4.78 is 0. The summed E-state index contributed by atoms with van der Waals surface area (Å²) in [5.74, 6) is 0.248. The number of aliphatic hydroxyl groups is 1. The van der Waals surface area contributed by atoms with E-state index in [2.05, 4.69) is 17.0 Å². The van der Waals surface area contributed by atoms with Crippen molar-refractivity contribution < 1.29 is 14.7 Å². The Morgan fingerprint density at radius 1 is 0.886 bits per heavy atom. The van der Waals surface area contributed by atoms with E-state index < -0.39 is 5.60 Å². The molecule has 1 spiro atoms. The van der Waals surface area contributed by atoms with Crippen molar-refractivity contribution in [3.05, 3.63) is 66.2 Å².